The number of nitrogens with zero attached hydrogens (tertiary/aromatic N) is 1. The number of hydrogen-bond acceptors (Lipinski definition) is 2. The van der Waals surface area contributed by atoms with E-state index in [1.165, 1.54) is 0 Å². The van der Waals surface area contributed by atoms with Gasteiger partial charge in [-0.3, -0.25) is 9.78 Å². The first kappa shape index (κ1) is 8.64. The molecule has 1 heterocycles. The van der Waals surface area contributed by atoms with Crippen LogP contribution in [0.1, 0.15) is 12.5 Å². The van der Waals surface area contributed by atoms with Gasteiger partial charge >= 0.3 is 0 Å². The van der Waals surface area contributed by atoms with Crippen LogP contribution in [0.4, 0.5) is 0 Å². The van der Waals surface area contributed by atoms with E-state index in [0.29, 0.717) is 6.42 Å². The van der Waals surface area contributed by atoms with Gasteiger partial charge < -0.3 is 0 Å². The zero-order valence-electron chi connectivity index (χ0n) is 6.17. The molecule has 0 atom stereocenters. The molecule has 2 nitrogen and oxygen atoms in total. The van der Waals surface area contributed by atoms with Gasteiger partial charge in [0.15, 0.2) is 0 Å². The summed E-state index contributed by atoms with van der Waals surface area (Å²) in [5.41, 5.74) is 0.984. The number of halogens is 1. The zero-order valence-corrected chi connectivity index (χ0v) is 8.33. The van der Waals surface area contributed by atoms with E-state index in [-0.39, 0.29) is 5.78 Å². The van der Waals surface area contributed by atoms with Crippen LogP contribution in [0, 0.1) is 3.70 Å². The van der Waals surface area contributed by atoms with Gasteiger partial charge in [-0.15, -0.1) is 0 Å². The Morgan fingerprint density at radius 3 is 2.82 bits per heavy atom. The van der Waals surface area contributed by atoms with Gasteiger partial charge in [-0.05, 0) is 41.1 Å². The minimum atomic E-state index is 0.174. The van der Waals surface area contributed by atoms with Crippen LogP contribution >= 0.6 is 22.6 Å². The van der Waals surface area contributed by atoms with Gasteiger partial charge in [0.1, 0.15) is 9.48 Å². The molecule has 0 unspecified atom stereocenters. The van der Waals surface area contributed by atoms with Crippen LogP contribution in [0.2, 0.25) is 0 Å². The molecule has 0 N–H and O–H groups in total. The maximum atomic E-state index is 10.7. The molecule has 0 saturated heterocycles. The van der Waals surface area contributed by atoms with Crippen molar-refractivity contribution in [3.8, 4) is 0 Å². The van der Waals surface area contributed by atoms with Crippen molar-refractivity contribution in [3.05, 3.63) is 27.6 Å². The Balaban J connectivity index is 2.74. The molecule has 0 aliphatic rings. The van der Waals surface area contributed by atoms with Crippen molar-refractivity contribution in [2.75, 3.05) is 0 Å². The highest BCUT2D eigenvalue weighted by molar-refractivity contribution is 14.1. The standard InChI is InChI=1S/C8H8INO/c1-6(11)4-7-2-3-8(9)10-5-7/h2-3,5H,4H2,1H3. The van der Waals surface area contributed by atoms with Crippen LogP contribution < -0.4 is 0 Å². The van der Waals surface area contributed by atoms with Crippen molar-refractivity contribution < 1.29 is 4.79 Å². The normalized spacial score (nSPS) is 9.64. The number of pyridine rings is 1. The van der Waals surface area contributed by atoms with Gasteiger partial charge in [-0.1, -0.05) is 6.07 Å². The summed E-state index contributed by atoms with van der Waals surface area (Å²) in [4.78, 5) is 14.7. The molecule has 0 spiro atoms. The third-order valence-corrected chi connectivity index (χ3v) is 1.88. The predicted octanol–water partition coefficient (Wildman–Crippen LogP) is 1.82. The first-order valence-electron chi connectivity index (χ1n) is 3.28. The van der Waals surface area contributed by atoms with Crippen LogP contribution in [0.3, 0.4) is 0 Å². The lowest BCUT2D eigenvalue weighted by Gasteiger charge is -1.95. The first-order valence-corrected chi connectivity index (χ1v) is 4.36. The fraction of sp³-hybridized carbons (Fsp3) is 0.250. The molecular weight excluding hydrogens is 253 g/mol. The molecule has 0 aliphatic heterocycles. The van der Waals surface area contributed by atoms with Crippen LogP contribution in [0.25, 0.3) is 0 Å². The van der Waals surface area contributed by atoms with E-state index in [2.05, 4.69) is 27.6 Å². The van der Waals surface area contributed by atoms with E-state index in [1.807, 2.05) is 12.1 Å². The second-order valence-electron chi connectivity index (χ2n) is 2.37. The Morgan fingerprint density at radius 1 is 1.64 bits per heavy atom. The second-order valence-corrected chi connectivity index (χ2v) is 3.47. The average molecular weight is 261 g/mol. The van der Waals surface area contributed by atoms with E-state index < -0.39 is 0 Å². The van der Waals surface area contributed by atoms with Crippen molar-refractivity contribution in [1.29, 1.82) is 0 Å². The van der Waals surface area contributed by atoms with Crippen LogP contribution in [-0.2, 0) is 11.2 Å². The summed E-state index contributed by atoms with van der Waals surface area (Å²) in [6, 6.07) is 3.83. The molecular formula is C8H8INO. The Morgan fingerprint density at radius 2 is 2.36 bits per heavy atom. The second kappa shape index (κ2) is 3.80. The number of Topliss-reactive ketones (excluding diaryl/α,β-unsaturated/α-hetero) is 1. The third kappa shape index (κ3) is 2.96. The van der Waals surface area contributed by atoms with E-state index in [1.54, 1.807) is 13.1 Å². The van der Waals surface area contributed by atoms with E-state index in [0.717, 1.165) is 9.26 Å². The number of carbonyl (C=O) groups is 1. The van der Waals surface area contributed by atoms with E-state index in [4.69, 9.17) is 0 Å². The molecule has 58 valence electrons. The summed E-state index contributed by atoms with van der Waals surface area (Å²) >= 11 is 2.13. The first-order chi connectivity index (χ1) is 5.18. The fourth-order valence-electron chi connectivity index (χ4n) is 0.798. The van der Waals surface area contributed by atoms with Gasteiger partial charge in [0.25, 0.3) is 0 Å². The number of ketones is 1. The number of carbonyl (C=O) groups excluding carboxylic acids is 1. The fourth-order valence-corrected chi connectivity index (χ4v) is 1.12. The highest BCUT2D eigenvalue weighted by Gasteiger charge is 1.96. The molecule has 1 aromatic rings. The summed E-state index contributed by atoms with van der Waals surface area (Å²) < 4.78 is 0.954. The Labute approximate surface area is 79.2 Å². The van der Waals surface area contributed by atoms with Gasteiger partial charge in [0.05, 0.1) is 0 Å². The number of hydrogen-bond donors (Lipinski definition) is 0. The molecule has 0 aromatic carbocycles. The lowest BCUT2D eigenvalue weighted by atomic mass is 10.2. The molecule has 0 amide bonds. The van der Waals surface area contributed by atoms with Crippen molar-refractivity contribution in [1.82, 2.24) is 4.98 Å². The van der Waals surface area contributed by atoms with Crippen LogP contribution in [-0.4, -0.2) is 10.8 Å². The van der Waals surface area contributed by atoms with Crippen molar-refractivity contribution in [2.24, 2.45) is 0 Å². The summed E-state index contributed by atoms with van der Waals surface area (Å²) in [7, 11) is 0. The van der Waals surface area contributed by atoms with Crippen LogP contribution in [0.15, 0.2) is 18.3 Å². The molecule has 1 aromatic heterocycles. The van der Waals surface area contributed by atoms with Gasteiger partial charge in [-0.25, -0.2) is 0 Å². The van der Waals surface area contributed by atoms with Gasteiger partial charge in [-0.2, -0.15) is 0 Å². The average Bonchev–Trinajstić information content (AvgIpc) is 1.93. The maximum absolute atomic E-state index is 10.7. The van der Waals surface area contributed by atoms with E-state index in [9.17, 15) is 4.79 Å². The van der Waals surface area contributed by atoms with E-state index >= 15 is 0 Å². The lowest BCUT2D eigenvalue weighted by molar-refractivity contribution is -0.116. The number of rotatable bonds is 2. The summed E-state index contributed by atoms with van der Waals surface area (Å²) in [6.07, 6.45) is 2.23. The van der Waals surface area contributed by atoms with Crippen LogP contribution in [0.5, 0.6) is 0 Å². The minimum Gasteiger partial charge on any atom is -0.300 e. The molecule has 11 heavy (non-hydrogen) atoms. The molecule has 0 bridgehead atoms. The maximum Gasteiger partial charge on any atom is 0.134 e. The molecule has 0 saturated carbocycles. The zero-order chi connectivity index (χ0) is 8.27. The van der Waals surface area contributed by atoms with Gasteiger partial charge in [0.2, 0.25) is 0 Å². The highest BCUT2D eigenvalue weighted by Crippen LogP contribution is 2.03. The third-order valence-electron chi connectivity index (χ3n) is 1.24. The topological polar surface area (TPSA) is 30.0 Å². The highest BCUT2D eigenvalue weighted by atomic mass is 127. The number of aromatic nitrogens is 1. The summed E-state index contributed by atoms with van der Waals surface area (Å²) in [5.74, 6) is 0.174. The Bertz CT molecular complexity index is 255. The SMILES string of the molecule is CC(=O)Cc1ccc(I)nc1. The quantitative estimate of drug-likeness (QED) is 0.600. The molecule has 0 aliphatic carbocycles. The van der Waals surface area contributed by atoms with Crippen molar-refractivity contribution in [2.45, 2.75) is 13.3 Å². The summed E-state index contributed by atoms with van der Waals surface area (Å²) in [6.45, 7) is 1.58. The lowest BCUT2D eigenvalue weighted by Crippen LogP contribution is -1.96. The largest absolute Gasteiger partial charge is 0.300 e. The van der Waals surface area contributed by atoms with Gasteiger partial charge in [0, 0.05) is 12.6 Å². The molecule has 0 fully saturated rings. The summed E-state index contributed by atoms with van der Waals surface area (Å²) in [5, 5.41) is 0. The smallest absolute Gasteiger partial charge is 0.134 e. The molecule has 3 heteroatoms. The molecule has 0 radical (unpaired) electrons. The van der Waals surface area contributed by atoms with Crippen molar-refractivity contribution >= 4 is 28.4 Å². The monoisotopic (exact) mass is 261 g/mol. The Kier molecular flexibility index (Phi) is 2.99. The Hall–Kier alpha value is -0.450. The van der Waals surface area contributed by atoms with Crippen molar-refractivity contribution in [3.63, 3.8) is 0 Å². The predicted molar refractivity (Wildman–Crippen MR) is 51.3 cm³/mol. The molecule has 1 rings (SSSR count). The minimum absolute atomic E-state index is 0.174.